The van der Waals surface area contributed by atoms with Crippen LogP contribution < -0.4 is 15.4 Å². The zero-order valence-electron chi connectivity index (χ0n) is 13.3. The van der Waals surface area contributed by atoms with E-state index in [9.17, 15) is 0 Å². The van der Waals surface area contributed by atoms with Gasteiger partial charge in [0.2, 0.25) is 0 Å². The van der Waals surface area contributed by atoms with Crippen molar-refractivity contribution in [2.45, 2.75) is 13.0 Å². The Morgan fingerprint density at radius 1 is 1.16 bits per heavy atom. The number of nitrogens with one attached hydrogen (secondary N) is 2. The molecule has 0 atom stereocenters. The zero-order valence-corrected chi connectivity index (χ0v) is 14.9. The molecule has 0 spiro atoms. The van der Waals surface area contributed by atoms with Crippen LogP contribution in [0.4, 0.5) is 5.13 Å². The average Bonchev–Trinajstić information content (AvgIpc) is 3.31. The van der Waals surface area contributed by atoms with Crippen LogP contribution in [0.15, 0.2) is 40.1 Å². The summed E-state index contributed by atoms with van der Waals surface area (Å²) >= 11 is 2.98. The fraction of sp³-hybridized carbons (Fsp3) is 0.250. The summed E-state index contributed by atoms with van der Waals surface area (Å²) in [5.41, 5.74) is 2.51. The van der Waals surface area contributed by atoms with Gasteiger partial charge in [0, 0.05) is 30.0 Å². The lowest BCUT2D eigenvalue weighted by Crippen LogP contribution is -2.35. The molecule has 0 aromatic carbocycles. The third-order valence-electron chi connectivity index (χ3n) is 3.44. The van der Waals surface area contributed by atoms with Crippen LogP contribution in [0.25, 0.3) is 11.4 Å². The van der Waals surface area contributed by atoms with Crippen LogP contribution in [-0.2, 0) is 6.61 Å². The van der Waals surface area contributed by atoms with Gasteiger partial charge in [0.05, 0.1) is 5.69 Å². The number of nitrogens with zero attached hydrogens (tertiary/aromatic N) is 4. The first-order chi connectivity index (χ1) is 12.4. The van der Waals surface area contributed by atoms with Crippen molar-refractivity contribution >= 4 is 33.8 Å². The van der Waals surface area contributed by atoms with Gasteiger partial charge in [0.1, 0.15) is 18.0 Å². The summed E-state index contributed by atoms with van der Waals surface area (Å²) in [6, 6.07) is 5.75. The fourth-order valence-corrected chi connectivity index (χ4v) is 3.59. The van der Waals surface area contributed by atoms with Gasteiger partial charge in [-0.25, -0.2) is 9.97 Å². The number of ether oxygens (including phenoxy) is 1. The predicted molar refractivity (Wildman–Crippen MR) is 100 cm³/mol. The van der Waals surface area contributed by atoms with Crippen LogP contribution in [0.2, 0.25) is 0 Å². The molecule has 0 unspecified atom stereocenters. The maximum absolute atomic E-state index is 5.70. The van der Waals surface area contributed by atoms with Gasteiger partial charge in [-0.2, -0.15) is 0 Å². The van der Waals surface area contributed by atoms with E-state index in [0.717, 1.165) is 47.7 Å². The summed E-state index contributed by atoms with van der Waals surface area (Å²) in [5.74, 6) is 0.782. The second kappa shape index (κ2) is 7.58. The Morgan fingerprint density at radius 3 is 2.92 bits per heavy atom. The van der Waals surface area contributed by atoms with Crippen LogP contribution in [0, 0.1) is 0 Å². The average molecular weight is 372 g/mol. The van der Waals surface area contributed by atoms with E-state index in [1.807, 2.05) is 29.0 Å². The number of rotatable bonds is 5. The lowest BCUT2D eigenvalue weighted by atomic mass is 10.4. The Labute approximate surface area is 152 Å². The summed E-state index contributed by atoms with van der Waals surface area (Å²) in [4.78, 5) is 17.7. The van der Waals surface area contributed by atoms with Crippen molar-refractivity contribution in [3.05, 3.63) is 40.8 Å². The molecular formula is C16H16N6OS2. The number of aliphatic imine (C=N–C) groups is 1. The van der Waals surface area contributed by atoms with Gasteiger partial charge < -0.3 is 15.4 Å². The highest BCUT2D eigenvalue weighted by molar-refractivity contribution is 7.14. The molecule has 0 saturated heterocycles. The van der Waals surface area contributed by atoms with E-state index in [0.29, 0.717) is 11.8 Å². The largest absolute Gasteiger partial charge is 0.464 e. The fourth-order valence-electron chi connectivity index (χ4n) is 2.23. The third kappa shape index (κ3) is 4.12. The Balaban J connectivity index is 1.39. The molecule has 4 heterocycles. The number of anilines is 1. The maximum Gasteiger partial charge on any atom is 0.274 e. The molecule has 0 fully saturated rings. The number of thiazole rings is 2. The molecule has 0 amide bonds. The van der Waals surface area contributed by atoms with E-state index in [1.54, 1.807) is 6.20 Å². The summed E-state index contributed by atoms with van der Waals surface area (Å²) < 4.78 is 5.70. The molecular weight excluding hydrogens is 356 g/mol. The third-order valence-corrected chi connectivity index (χ3v) is 4.95. The zero-order chi connectivity index (χ0) is 16.9. The van der Waals surface area contributed by atoms with Gasteiger partial charge >= 0.3 is 0 Å². The monoisotopic (exact) mass is 372 g/mol. The molecule has 0 aliphatic carbocycles. The van der Waals surface area contributed by atoms with Crippen molar-refractivity contribution in [1.82, 2.24) is 20.3 Å². The summed E-state index contributed by atoms with van der Waals surface area (Å²) in [5, 5.41) is 11.8. The molecule has 4 rings (SSSR count). The summed E-state index contributed by atoms with van der Waals surface area (Å²) in [6.07, 6.45) is 2.82. The van der Waals surface area contributed by atoms with Crippen LogP contribution in [-0.4, -0.2) is 34.0 Å². The van der Waals surface area contributed by atoms with Crippen LogP contribution in [0.3, 0.4) is 0 Å². The predicted octanol–water partition coefficient (Wildman–Crippen LogP) is 3.00. The van der Waals surface area contributed by atoms with Gasteiger partial charge in [-0.1, -0.05) is 17.4 Å². The van der Waals surface area contributed by atoms with E-state index in [2.05, 4.69) is 30.6 Å². The van der Waals surface area contributed by atoms with E-state index in [4.69, 9.17) is 4.74 Å². The number of hydrogen-bond donors (Lipinski definition) is 2. The first kappa shape index (κ1) is 16.0. The van der Waals surface area contributed by atoms with Crippen molar-refractivity contribution in [1.29, 1.82) is 0 Å². The van der Waals surface area contributed by atoms with Crippen molar-refractivity contribution in [3.63, 3.8) is 0 Å². The number of aromatic nitrogens is 3. The molecule has 2 N–H and O–H groups in total. The molecule has 3 aromatic rings. The van der Waals surface area contributed by atoms with Crippen LogP contribution in [0.5, 0.6) is 5.19 Å². The second-order valence-corrected chi connectivity index (χ2v) is 6.96. The normalized spacial score (nSPS) is 13.8. The quantitative estimate of drug-likeness (QED) is 0.716. The lowest BCUT2D eigenvalue weighted by Gasteiger charge is -2.13. The highest BCUT2D eigenvalue weighted by Gasteiger charge is 2.12. The second-order valence-electron chi connectivity index (χ2n) is 5.28. The highest BCUT2D eigenvalue weighted by atomic mass is 32.1. The van der Waals surface area contributed by atoms with Gasteiger partial charge in [-0.3, -0.25) is 9.98 Å². The van der Waals surface area contributed by atoms with Gasteiger partial charge in [-0.05, 0) is 18.6 Å². The molecule has 3 aromatic heterocycles. The van der Waals surface area contributed by atoms with Gasteiger partial charge in [0.25, 0.3) is 5.19 Å². The Kier molecular flexibility index (Phi) is 4.84. The molecule has 1 aliphatic heterocycles. The number of hydrogen-bond acceptors (Lipinski definition) is 9. The Bertz CT molecular complexity index is 860. The Hall–Kier alpha value is -2.52. The first-order valence-electron chi connectivity index (χ1n) is 7.86. The van der Waals surface area contributed by atoms with E-state index in [-0.39, 0.29) is 0 Å². The highest BCUT2D eigenvalue weighted by Crippen LogP contribution is 2.29. The van der Waals surface area contributed by atoms with Gasteiger partial charge in [0.15, 0.2) is 11.1 Å². The van der Waals surface area contributed by atoms with E-state index in [1.165, 1.54) is 22.7 Å². The molecule has 0 bridgehead atoms. The van der Waals surface area contributed by atoms with Crippen molar-refractivity contribution in [2.75, 3.05) is 18.4 Å². The maximum atomic E-state index is 5.70. The van der Waals surface area contributed by atoms with Crippen LogP contribution >= 0.6 is 22.7 Å². The minimum atomic E-state index is 0.406. The standard InChI is InChI=1S/C16H16N6OS2/c1-2-5-17-11(4-1)8-23-16-21-13(10-25-16)12-9-24-15(20-12)22-14-18-6-3-7-19-14/h1-2,4-5,9-10H,3,6-8H2,(H2,18,19,20,22). The van der Waals surface area contributed by atoms with E-state index < -0.39 is 0 Å². The number of pyridine rings is 1. The number of guanidine groups is 1. The van der Waals surface area contributed by atoms with Gasteiger partial charge in [-0.15, -0.1) is 11.3 Å². The summed E-state index contributed by atoms with van der Waals surface area (Å²) in [6.45, 7) is 2.19. The molecule has 0 saturated carbocycles. The minimum Gasteiger partial charge on any atom is -0.464 e. The minimum absolute atomic E-state index is 0.406. The molecule has 9 heteroatoms. The topological polar surface area (TPSA) is 84.3 Å². The molecule has 128 valence electrons. The van der Waals surface area contributed by atoms with Crippen molar-refractivity contribution in [3.8, 4) is 16.6 Å². The SMILES string of the molecule is c1ccc(COc2nc(-c3csc(NC4=NCCCN4)n3)cs2)nc1. The molecule has 25 heavy (non-hydrogen) atoms. The smallest absolute Gasteiger partial charge is 0.274 e. The van der Waals surface area contributed by atoms with Crippen molar-refractivity contribution < 1.29 is 4.74 Å². The molecule has 7 nitrogen and oxygen atoms in total. The van der Waals surface area contributed by atoms with E-state index >= 15 is 0 Å². The lowest BCUT2D eigenvalue weighted by molar-refractivity contribution is 0.300. The first-order valence-corrected chi connectivity index (χ1v) is 9.62. The molecule has 0 radical (unpaired) electrons. The molecule has 1 aliphatic rings. The summed E-state index contributed by atoms with van der Waals surface area (Å²) in [7, 11) is 0. The van der Waals surface area contributed by atoms with Crippen LogP contribution in [0.1, 0.15) is 12.1 Å². The Morgan fingerprint density at radius 2 is 2.08 bits per heavy atom. The van der Waals surface area contributed by atoms with Crippen molar-refractivity contribution in [2.24, 2.45) is 4.99 Å².